The molecule has 12 heteroatoms. The number of hydrogen-bond donors (Lipinski definition) is 2. The van der Waals surface area contributed by atoms with Crippen LogP contribution in [0.4, 0.5) is 0 Å². The van der Waals surface area contributed by atoms with Crippen LogP contribution in [0.1, 0.15) is 29.5 Å². The fourth-order valence-electron chi connectivity index (χ4n) is 5.28. The number of carbonyl (C=O) groups excluding carboxylic acids is 2. The molecule has 0 saturated carbocycles. The molecule has 1 saturated heterocycles. The Kier molecular flexibility index (Phi) is 9.20. The number of benzene rings is 2. The molecule has 2 aliphatic heterocycles. The fourth-order valence-corrected chi connectivity index (χ4v) is 6.89. The lowest BCUT2D eigenvalue weighted by atomic mass is 9.87. The number of carbonyl (C=O) groups is 2. The maximum Gasteiger partial charge on any atom is 0.343 e. The first-order valence-corrected chi connectivity index (χ1v) is 16.0. The average Bonchev–Trinajstić information content (AvgIpc) is 3.50. The minimum absolute atomic E-state index is 0. The lowest BCUT2D eigenvalue weighted by Gasteiger charge is -2.38. The van der Waals surface area contributed by atoms with Gasteiger partial charge in [0.1, 0.15) is 5.57 Å². The van der Waals surface area contributed by atoms with Crippen LogP contribution in [-0.2, 0) is 30.7 Å². The number of aliphatic hydroxyl groups excluding tert-OH is 1. The van der Waals surface area contributed by atoms with E-state index in [1.165, 1.54) is 6.07 Å². The van der Waals surface area contributed by atoms with Crippen LogP contribution in [0, 0.1) is 6.92 Å². The van der Waals surface area contributed by atoms with E-state index in [-0.39, 0.29) is 47.6 Å². The molecule has 1 atom stereocenters. The van der Waals surface area contributed by atoms with Crippen molar-refractivity contribution in [3.05, 3.63) is 80.7 Å². The smallest absolute Gasteiger partial charge is 0.343 e. The summed E-state index contributed by atoms with van der Waals surface area (Å²) >= 11 is 8.21. The van der Waals surface area contributed by atoms with Gasteiger partial charge in [-0.25, -0.2) is 13.2 Å². The van der Waals surface area contributed by atoms with Crippen molar-refractivity contribution in [1.82, 2.24) is 10.2 Å². The highest BCUT2D eigenvalue weighted by Gasteiger charge is 2.51. The Morgan fingerprint density at radius 1 is 1.22 bits per heavy atom. The van der Waals surface area contributed by atoms with Crippen molar-refractivity contribution in [1.29, 1.82) is 0 Å². The van der Waals surface area contributed by atoms with Crippen LogP contribution in [0.5, 0.6) is 0 Å². The third-order valence-corrected chi connectivity index (χ3v) is 9.44. The Morgan fingerprint density at radius 2 is 2.00 bits per heavy atom. The summed E-state index contributed by atoms with van der Waals surface area (Å²) < 4.78 is 29.9. The number of likely N-dealkylation sites (tertiary alicyclic amines) is 1. The summed E-state index contributed by atoms with van der Waals surface area (Å²) in [6.07, 6.45) is 2.21. The number of aliphatic hydroxyl groups is 1. The summed E-state index contributed by atoms with van der Waals surface area (Å²) in [5.41, 5.74) is 2.18. The Morgan fingerprint density at radius 3 is 2.71 bits per heavy atom. The number of nitrogens with one attached hydrogen (secondary N) is 1. The van der Waals surface area contributed by atoms with Gasteiger partial charge >= 0.3 is 5.97 Å². The Labute approximate surface area is 254 Å². The van der Waals surface area contributed by atoms with E-state index in [0.29, 0.717) is 53.2 Å². The molecule has 0 aliphatic carbocycles. The van der Waals surface area contributed by atoms with Gasteiger partial charge in [0.15, 0.2) is 21.2 Å². The van der Waals surface area contributed by atoms with Gasteiger partial charge < -0.3 is 15.2 Å². The molecule has 2 N–H and O–H groups in total. The van der Waals surface area contributed by atoms with Crippen molar-refractivity contribution >= 4 is 62.6 Å². The summed E-state index contributed by atoms with van der Waals surface area (Å²) in [6.45, 7) is 3.19. The summed E-state index contributed by atoms with van der Waals surface area (Å²) in [7, 11) is -3.41. The van der Waals surface area contributed by atoms with Gasteiger partial charge in [0, 0.05) is 29.9 Å². The van der Waals surface area contributed by atoms with Crippen molar-refractivity contribution in [2.75, 3.05) is 25.9 Å². The van der Waals surface area contributed by atoms with E-state index >= 15 is 0 Å². The summed E-state index contributed by atoms with van der Waals surface area (Å²) in [5.74, 6) is -0.950. The van der Waals surface area contributed by atoms with Gasteiger partial charge in [-0.15, -0.1) is 12.4 Å². The normalized spacial score (nSPS) is 19.2. The van der Waals surface area contributed by atoms with E-state index in [1.807, 2.05) is 21.7 Å². The zero-order valence-corrected chi connectivity index (χ0v) is 25.7. The van der Waals surface area contributed by atoms with Crippen molar-refractivity contribution in [2.45, 2.75) is 36.8 Å². The van der Waals surface area contributed by atoms with Crippen LogP contribution in [0.25, 0.3) is 16.7 Å². The van der Waals surface area contributed by atoms with Crippen molar-refractivity contribution in [3.8, 4) is 11.1 Å². The molecule has 1 fully saturated rings. The van der Waals surface area contributed by atoms with Gasteiger partial charge in [0.2, 0.25) is 5.91 Å². The second-order valence-corrected chi connectivity index (χ2v) is 13.5. The van der Waals surface area contributed by atoms with Crippen LogP contribution in [0.15, 0.2) is 63.9 Å². The molecule has 5 rings (SSSR count). The summed E-state index contributed by atoms with van der Waals surface area (Å²) in [4.78, 5) is 27.8. The minimum atomic E-state index is -3.41. The maximum absolute atomic E-state index is 13.1. The van der Waals surface area contributed by atoms with Crippen LogP contribution in [0.3, 0.4) is 0 Å². The van der Waals surface area contributed by atoms with Crippen molar-refractivity contribution in [2.24, 2.45) is 0 Å². The monoisotopic (exact) mass is 636 g/mol. The second kappa shape index (κ2) is 12.1. The van der Waals surface area contributed by atoms with E-state index in [9.17, 15) is 23.1 Å². The Hall–Kier alpha value is -2.89. The molecule has 1 spiro atoms. The topological polar surface area (TPSA) is 113 Å². The van der Waals surface area contributed by atoms with E-state index in [2.05, 4.69) is 5.32 Å². The van der Waals surface area contributed by atoms with Crippen LogP contribution >= 0.6 is 35.3 Å². The van der Waals surface area contributed by atoms with Gasteiger partial charge in [-0.05, 0) is 89.7 Å². The third kappa shape index (κ3) is 6.47. The first-order chi connectivity index (χ1) is 19.0. The summed E-state index contributed by atoms with van der Waals surface area (Å²) in [6, 6.07) is 11.8. The largest absolute Gasteiger partial charge is 0.507 e. The Balaban J connectivity index is 0.00000387. The first kappa shape index (κ1) is 31.1. The number of ether oxygens (including phenoxy) is 1. The van der Waals surface area contributed by atoms with Crippen molar-refractivity contribution < 1.29 is 27.9 Å². The van der Waals surface area contributed by atoms with Gasteiger partial charge in [0.05, 0.1) is 11.4 Å². The molecule has 41 heavy (non-hydrogen) atoms. The molecule has 2 aromatic carbocycles. The predicted octanol–water partition coefficient (Wildman–Crippen LogP) is 5.18. The summed E-state index contributed by atoms with van der Waals surface area (Å²) in [5, 5.41) is 18.5. The van der Waals surface area contributed by atoms with E-state index in [1.54, 1.807) is 48.6 Å². The molecule has 0 radical (unpaired) electrons. The minimum Gasteiger partial charge on any atom is -0.507 e. The molecule has 2 aliphatic rings. The highest BCUT2D eigenvalue weighted by Crippen LogP contribution is 2.44. The van der Waals surface area contributed by atoms with Gasteiger partial charge in [0.25, 0.3) is 0 Å². The molecule has 1 unspecified atom stereocenters. The number of hydrogen-bond acceptors (Lipinski definition) is 8. The number of halogens is 2. The first-order valence-electron chi connectivity index (χ1n) is 12.7. The lowest BCUT2D eigenvalue weighted by Crippen LogP contribution is -2.52. The van der Waals surface area contributed by atoms with Crippen LogP contribution in [0.2, 0.25) is 5.02 Å². The molecule has 0 bridgehead atoms. The number of amides is 1. The van der Waals surface area contributed by atoms with Crippen molar-refractivity contribution in [3.63, 3.8) is 0 Å². The standard InChI is InChI=1S/C29H29ClN2O6S2.ClH/c1-18-11-23(20-5-3-6-21(12-20)40(2,36)37)24(30)13-22(18)26-27(34)29(38-28(26)35)8-4-9-32(17-29)15-25(33)31-14-19-7-10-39-16-19;/h3,5-7,10-13,16,34H,4,8-9,14-15,17H2,1-2H3,(H,31,33);1H. The quantitative estimate of drug-likeness (QED) is 0.344. The highest BCUT2D eigenvalue weighted by molar-refractivity contribution is 7.90. The molecule has 1 amide bonds. The number of nitrogens with zero attached hydrogens (tertiary/aromatic N) is 1. The Bertz CT molecular complexity index is 1620. The zero-order chi connectivity index (χ0) is 28.7. The van der Waals surface area contributed by atoms with Gasteiger partial charge in [-0.1, -0.05) is 23.7 Å². The number of sulfone groups is 1. The van der Waals surface area contributed by atoms with E-state index in [0.717, 1.165) is 11.8 Å². The number of aryl methyl sites for hydroxylation is 1. The number of rotatable bonds is 7. The predicted molar refractivity (Wildman–Crippen MR) is 162 cm³/mol. The number of esters is 1. The molecule has 218 valence electrons. The maximum atomic E-state index is 13.1. The molecular weight excluding hydrogens is 607 g/mol. The zero-order valence-electron chi connectivity index (χ0n) is 22.5. The molecule has 8 nitrogen and oxygen atoms in total. The van der Waals surface area contributed by atoms with E-state index < -0.39 is 21.4 Å². The van der Waals surface area contributed by atoms with E-state index in [4.69, 9.17) is 16.3 Å². The van der Waals surface area contributed by atoms with Crippen LogP contribution < -0.4 is 5.32 Å². The molecule has 1 aromatic heterocycles. The number of piperidine rings is 1. The van der Waals surface area contributed by atoms with Gasteiger partial charge in [-0.3, -0.25) is 9.69 Å². The fraction of sp³-hybridized carbons (Fsp3) is 0.310. The van der Waals surface area contributed by atoms with Crippen LogP contribution in [-0.4, -0.2) is 61.8 Å². The second-order valence-electron chi connectivity index (χ2n) is 10.3. The molecular formula is C29H30Cl2N2O6S2. The molecule has 3 aromatic rings. The highest BCUT2D eigenvalue weighted by atomic mass is 35.5. The van der Waals surface area contributed by atoms with Gasteiger partial charge in [-0.2, -0.15) is 11.3 Å². The number of thiophene rings is 1. The third-order valence-electron chi connectivity index (χ3n) is 7.29. The SMILES string of the molecule is Cc1cc(-c2cccc(S(C)(=O)=O)c2)c(Cl)cc1C1=C(O)C2(CCCN(CC(=O)NCc3ccsc3)C2)OC1=O.Cl. The average molecular weight is 638 g/mol. The molecule has 3 heterocycles. The lowest BCUT2D eigenvalue weighted by molar-refractivity contribution is -0.152.